The first-order valence-electron chi connectivity index (χ1n) is 12.0. The Morgan fingerprint density at radius 2 is 0.674 bits per heavy atom. The molecule has 0 amide bonds. The Balaban J connectivity index is 0.000000175. The van der Waals surface area contributed by atoms with Crippen LogP contribution in [0.1, 0.15) is 31.5 Å². The van der Waals surface area contributed by atoms with Crippen LogP contribution in [-0.4, -0.2) is 63.5 Å². The van der Waals surface area contributed by atoms with Crippen molar-refractivity contribution in [1.29, 1.82) is 0 Å². The Morgan fingerprint density at radius 3 is 0.907 bits per heavy atom. The third-order valence-corrected chi connectivity index (χ3v) is 5.75. The first kappa shape index (κ1) is 31.7. The van der Waals surface area contributed by atoms with E-state index in [0.717, 1.165) is 16.2 Å². The average Bonchev–Trinajstić information content (AvgIpc) is 2.98. The van der Waals surface area contributed by atoms with Crippen LogP contribution in [0.4, 0.5) is 0 Å². The minimum Gasteiger partial charge on any atom is -0.506 e. The Labute approximate surface area is 252 Å². The summed E-state index contributed by atoms with van der Waals surface area (Å²) in [6, 6.07) is 23.8. The second-order valence-corrected chi connectivity index (χ2v) is 8.55. The van der Waals surface area contributed by atoms with Crippen LogP contribution in [-0.2, 0) is 16.8 Å². The fraction of sp³-hybridized carbons (Fsp3) is 0. The zero-order valence-corrected chi connectivity index (χ0v) is 22.8. The Bertz CT molecular complexity index is 1760. The van der Waals surface area contributed by atoms with Gasteiger partial charge in [-0.15, -0.1) is 0 Å². The average molecular weight is 626 g/mol. The number of carboxylic acids is 3. The Hall–Kier alpha value is -5.79. The van der Waals surface area contributed by atoms with Gasteiger partial charge in [0.15, 0.2) is 0 Å². The topological polar surface area (TPSA) is 211 Å². The molecule has 0 fully saturated rings. The number of hydrogen-bond acceptors (Lipinski definition) is 9. The number of rotatable bonds is 3. The summed E-state index contributed by atoms with van der Waals surface area (Å²) >= 11 is 0. The van der Waals surface area contributed by atoms with Gasteiger partial charge in [0.05, 0.1) is 0 Å². The van der Waals surface area contributed by atoms with Crippen molar-refractivity contribution in [3.05, 3.63) is 108 Å². The molecular weight excluding hydrogens is 605 g/mol. The number of nitrogens with zero attached hydrogens (tertiary/aromatic N) is 3. The largest absolute Gasteiger partial charge is 0.506 e. The fourth-order valence-electron chi connectivity index (χ4n) is 3.75. The molecule has 3 aromatic heterocycles. The van der Waals surface area contributed by atoms with Crippen LogP contribution in [0.3, 0.4) is 0 Å². The standard InChI is InChI=1S/3C10H7NO3.Co/c3*12-8-3-1-2-6-4-5-7(10(13)14)11-9(6)8;/h3*1-5,12H,(H,13,14);. The minimum absolute atomic E-state index is 0. The number of benzene rings is 3. The molecular formula is C30H21CoN3O9. The van der Waals surface area contributed by atoms with E-state index in [1.54, 1.807) is 54.6 Å². The summed E-state index contributed by atoms with van der Waals surface area (Å²) in [7, 11) is 0. The predicted molar refractivity (Wildman–Crippen MR) is 151 cm³/mol. The van der Waals surface area contributed by atoms with Crippen LogP contribution in [0.15, 0.2) is 91.0 Å². The van der Waals surface area contributed by atoms with E-state index in [4.69, 9.17) is 15.3 Å². The maximum absolute atomic E-state index is 10.6. The number of fused-ring (bicyclic) bond motifs is 3. The van der Waals surface area contributed by atoms with Crippen molar-refractivity contribution in [2.75, 3.05) is 0 Å². The van der Waals surface area contributed by atoms with Crippen molar-refractivity contribution in [3.8, 4) is 17.2 Å². The number of phenolic OH excluding ortho intramolecular Hbond substituents is 3. The smallest absolute Gasteiger partial charge is 0.354 e. The van der Waals surface area contributed by atoms with Gasteiger partial charge in [0.25, 0.3) is 0 Å². The molecule has 12 nitrogen and oxygen atoms in total. The van der Waals surface area contributed by atoms with Gasteiger partial charge in [0.1, 0.15) is 50.9 Å². The Kier molecular flexibility index (Phi) is 10.1. The van der Waals surface area contributed by atoms with Crippen LogP contribution < -0.4 is 0 Å². The molecule has 0 atom stereocenters. The van der Waals surface area contributed by atoms with Gasteiger partial charge in [-0.3, -0.25) is 0 Å². The first-order chi connectivity index (χ1) is 20.0. The van der Waals surface area contributed by atoms with E-state index in [-0.39, 0.29) is 51.1 Å². The maximum atomic E-state index is 10.6. The van der Waals surface area contributed by atoms with E-state index in [0.29, 0.717) is 16.6 Å². The van der Waals surface area contributed by atoms with Crippen LogP contribution in [0, 0.1) is 0 Å². The molecule has 6 rings (SSSR count). The van der Waals surface area contributed by atoms with Gasteiger partial charge in [-0.1, -0.05) is 54.6 Å². The number of carbonyl (C=O) groups is 3. The predicted octanol–water partition coefficient (Wildman–Crippen LogP) is 4.91. The number of phenols is 3. The fourth-order valence-corrected chi connectivity index (χ4v) is 3.75. The van der Waals surface area contributed by atoms with Crippen molar-refractivity contribution in [2.24, 2.45) is 0 Å². The summed E-state index contributed by atoms with van der Waals surface area (Å²) in [6.45, 7) is 0. The number of carboxylic acid groups (broad SMARTS) is 3. The molecule has 0 unspecified atom stereocenters. The van der Waals surface area contributed by atoms with Gasteiger partial charge in [0.2, 0.25) is 0 Å². The Morgan fingerprint density at radius 1 is 0.419 bits per heavy atom. The van der Waals surface area contributed by atoms with E-state index in [1.165, 1.54) is 36.4 Å². The quantitative estimate of drug-likeness (QED) is 0.155. The van der Waals surface area contributed by atoms with Crippen molar-refractivity contribution < 1.29 is 61.8 Å². The van der Waals surface area contributed by atoms with Crippen LogP contribution >= 0.6 is 0 Å². The summed E-state index contributed by atoms with van der Waals surface area (Å²) < 4.78 is 0. The van der Waals surface area contributed by atoms with Crippen molar-refractivity contribution >= 4 is 50.6 Å². The van der Waals surface area contributed by atoms with E-state index in [1.807, 2.05) is 0 Å². The summed E-state index contributed by atoms with van der Waals surface area (Å²) in [4.78, 5) is 43.3. The number of aromatic nitrogens is 3. The van der Waals surface area contributed by atoms with Gasteiger partial charge in [-0.25, -0.2) is 29.3 Å². The normalized spacial score (nSPS) is 10.0. The monoisotopic (exact) mass is 626 g/mol. The molecule has 0 aliphatic heterocycles. The molecule has 0 bridgehead atoms. The van der Waals surface area contributed by atoms with E-state index in [9.17, 15) is 29.7 Å². The molecule has 0 saturated carbocycles. The molecule has 219 valence electrons. The van der Waals surface area contributed by atoms with E-state index in [2.05, 4.69) is 15.0 Å². The molecule has 6 N–H and O–H groups in total. The molecule has 0 spiro atoms. The van der Waals surface area contributed by atoms with E-state index >= 15 is 0 Å². The summed E-state index contributed by atoms with van der Waals surface area (Å²) in [5.41, 5.74) is 0.726. The van der Waals surface area contributed by atoms with Crippen molar-refractivity contribution in [2.45, 2.75) is 0 Å². The number of aromatic carboxylic acids is 3. The van der Waals surface area contributed by atoms with Gasteiger partial charge < -0.3 is 30.6 Å². The zero-order chi connectivity index (χ0) is 30.4. The third kappa shape index (κ3) is 7.49. The second kappa shape index (κ2) is 13.7. The number of pyridine rings is 3. The van der Waals surface area contributed by atoms with E-state index < -0.39 is 17.9 Å². The van der Waals surface area contributed by atoms with Gasteiger partial charge in [-0.2, -0.15) is 0 Å². The minimum atomic E-state index is -1.10. The molecule has 0 aliphatic carbocycles. The van der Waals surface area contributed by atoms with Gasteiger partial charge in [0, 0.05) is 32.9 Å². The zero-order valence-electron chi connectivity index (χ0n) is 21.7. The molecule has 13 heteroatoms. The molecule has 6 aromatic rings. The van der Waals surface area contributed by atoms with Crippen LogP contribution in [0.2, 0.25) is 0 Å². The molecule has 1 radical (unpaired) electrons. The van der Waals surface area contributed by atoms with Gasteiger partial charge in [-0.05, 0) is 36.4 Å². The molecule has 3 heterocycles. The third-order valence-electron chi connectivity index (χ3n) is 5.75. The SMILES string of the molecule is O=C(O)c1ccc2cccc(O)c2n1.O=C(O)c1ccc2cccc(O)c2n1.O=C(O)c1ccc2cccc(O)c2n1.[Co]. The van der Waals surface area contributed by atoms with Crippen LogP contribution in [0.5, 0.6) is 17.2 Å². The molecule has 3 aromatic carbocycles. The summed E-state index contributed by atoms with van der Waals surface area (Å²) in [5, 5.41) is 56.5. The maximum Gasteiger partial charge on any atom is 0.354 e. The van der Waals surface area contributed by atoms with Crippen molar-refractivity contribution in [3.63, 3.8) is 0 Å². The number of hydrogen-bond donors (Lipinski definition) is 6. The van der Waals surface area contributed by atoms with Gasteiger partial charge >= 0.3 is 17.9 Å². The summed E-state index contributed by atoms with van der Waals surface area (Å²) in [6.07, 6.45) is 0. The number of para-hydroxylation sites is 3. The molecule has 0 aliphatic rings. The summed E-state index contributed by atoms with van der Waals surface area (Å²) in [5.74, 6) is -3.33. The van der Waals surface area contributed by atoms with Crippen LogP contribution in [0.25, 0.3) is 32.7 Å². The number of aromatic hydroxyl groups is 3. The second-order valence-electron chi connectivity index (χ2n) is 8.55. The molecule has 0 saturated heterocycles. The first-order valence-corrected chi connectivity index (χ1v) is 12.0. The molecule has 43 heavy (non-hydrogen) atoms. The van der Waals surface area contributed by atoms with Crippen molar-refractivity contribution in [1.82, 2.24) is 15.0 Å².